The molecule has 0 spiro atoms. The van der Waals surface area contributed by atoms with Gasteiger partial charge in [-0.1, -0.05) is 0 Å². The highest BCUT2D eigenvalue weighted by molar-refractivity contribution is 9.15. The number of nitrogens with zero attached hydrogens (tertiary/aromatic N) is 3. The highest BCUT2D eigenvalue weighted by Crippen LogP contribution is 2.46. The van der Waals surface area contributed by atoms with Gasteiger partial charge in [-0.2, -0.15) is 5.01 Å². The van der Waals surface area contributed by atoms with E-state index in [2.05, 4.69) is 63.7 Å². The van der Waals surface area contributed by atoms with Crippen molar-refractivity contribution in [1.29, 1.82) is 0 Å². The molecule has 3 aromatic rings. The second-order valence-corrected chi connectivity index (χ2v) is 11.8. The monoisotopic (exact) mass is 821 g/mol. The molecule has 1 aliphatic heterocycles. The molecule has 1 atom stereocenters. The summed E-state index contributed by atoms with van der Waals surface area (Å²) in [7, 11) is 0. The smallest absolute Gasteiger partial charge is 0.282 e. The van der Waals surface area contributed by atoms with Crippen molar-refractivity contribution in [2.45, 2.75) is 12.5 Å². The van der Waals surface area contributed by atoms with Gasteiger partial charge in [-0.05, 0) is 107 Å². The van der Waals surface area contributed by atoms with Gasteiger partial charge in [-0.25, -0.2) is 9.40 Å². The molecular weight excluding hydrogens is 812 g/mol. The molecule has 3 aromatic carbocycles. The topological polar surface area (TPSA) is 118 Å². The van der Waals surface area contributed by atoms with Gasteiger partial charge in [0.15, 0.2) is 5.78 Å². The number of rotatable bonds is 8. The van der Waals surface area contributed by atoms with E-state index in [9.17, 15) is 33.7 Å². The highest BCUT2D eigenvalue weighted by Gasteiger charge is 2.48. The molecule has 0 N–H and O–H groups in total. The molecule has 0 aromatic heterocycles. The predicted octanol–water partition coefficient (Wildman–Crippen LogP) is 7.32. The van der Waals surface area contributed by atoms with Crippen LogP contribution >= 0.6 is 75.3 Å². The van der Waals surface area contributed by atoms with Gasteiger partial charge in [0.25, 0.3) is 23.4 Å². The molecular formula is C25H13Br4ClFN3O6. The normalized spacial score (nSPS) is 13.3. The summed E-state index contributed by atoms with van der Waals surface area (Å²) in [6.45, 7) is 0. The zero-order valence-corrected chi connectivity index (χ0v) is 26.8. The number of nitro benzene ring substituents is 1. The number of halogens is 6. The molecule has 9 nitrogen and oxygen atoms in total. The lowest BCUT2D eigenvalue weighted by Gasteiger charge is -2.36. The van der Waals surface area contributed by atoms with E-state index in [1.165, 1.54) is 12.1 Å². The number of hydrogen-bond acceptors (Lipinski definition) is 6. The van der Waals surface area contributed by atoms with Crippen LogP contribution in [0.5, 0.6) is 0 Å². The van der Waals surface area contributed by atoms with Crippen LogP contribution in [0.3, 0.4) is 0 Å². The Kier molecular flexibility index (Phi) is 9.25. The van der Waals surface area contributed by atoms with Crippen molar-refractivity contribution in [2.75, 3.05) is 5.88 Å². The van der Waals surface area contributed by atoms with Gasteiger partial charge in [-0.3, -0.25) is 29.3 Å². The third-order valence-corrected chi connectivity index (χ3v) is 10.9. The fourth-order valence-electron chi connectivity index (χ4n) is 4.04. The average Bonchev–Trinajstić information content (AvgIpc) is 3.20. The van der Waals surface area contributed by atoms with Crippen molar-refractivity contribution in [3.05, 3.63) is 105 Å². The Morgan fingerprint density at radius 3 is 1.80 bits per heavy atom. The summed E-state index contributed by atoms with van der Waals surface area (Å²) in [4.78, 5) is 65.8. The van der Waals surface area contributed by atoms with Gasteiger partial charge in [0.2, 0.25) is 0 Å². The molecule has 1 heterocycles. The molecule has 0 fully saturated rings. The van der Waals surface area contributed by atoms with Crippen LogP contribution in [0.25, 0.3) is 0 Å². The summed E-state index contributed by atoms with van der Waals surface area (Å²) in [6.07, 6.45) is -0.195. The Balaban J connectivity index is 1.91. The van der Waals surface area contributed by atoms with Crippen LogP contribution < -0.4 is 0 Å². The number of imide groups is 1. The van der Waals surface area contributed by atoms with Crippen molar-refractivity contribution in [3.63, 3.8) is 0 Å². The maximum atomic E-state index is 14.0. The number of hydrogen-bond donors (Lipinski definition) is 0. The number of amides is 3. The molecule has 15 heteroatoms. The van der Waals surface area contributed by atoms with Gasteiger partial charge in [0, 0.05) is 47.0 Å². The Hall–Kier alpha value is -2.52. The van der Waals surface area contributed by atoms with E-state index in [1.807, 2.05) is 0 Å². The first-order chi connectivity index (χ1) is 18.9. The van der Waals surface area contributed by atoms with Crippen LogP contribution in [-0.4, -0.2) is 50.4 Å². The molecule has 0 radical (unpaired) electrons. The Labute approximate surface area is 264 Å². The minimum atomic E-state index is -1.49. The fraction of sp³-hybridized carbons (Fsp3) is 0.120. The molecule has 1 aliphatic rings. The summed E-state index contributed by atoms with van der Waals surface area (Å²) in [6, 6.07) is 7.47. The van der Waals surface area contributed by atoms with Crippen molar-refractivity contribution < 1.29 is 28.5 Å². The number of carbonyl (C=O) groups excluding carboxylic acids is 4. The van der Waals surface area contributed by atoms with Crippen LogP contribution in [0.1, 0.15) is 47.9 Å². The van der Waals surface area contributed by atoms with Gasteiger partial charge in [0.05, 0.1) is 16.1 Å². The van der Waals surface area contributed by atoms with Crippen molar-refractivity contribution >= 4 is 105 Å². The number of non-ortho nitro benzene ring substituents is 1. The van der Waals surface area contributed by atoms with Crippen molar-refractivity contribution in [3.8, 4) is 0 Å². The number of benzene rings is 3. The third kappa shape index (κ3) is 5.39. The van der Waals surface area contributed by atoms with Crippen LogP contribution in [-0.2, 0) is 0 Å². The predicted molar refractivity (Wildman–Crippen MR) is 157 cm³/mol. The van der Waals surface area contributed by atoms with Gasteiger partial charge < -0.3 is 0 Å². The van der Waals surface area contributed by atoms with Crippen LogP contribution in [0.15, 0.2) is 66.4 Å². The number of nitro groups is 1. The number of fused-ring (bicyclic) bond motifs is 1. The second kappa shape index (κ2) is 12.1. The lowest BCUT2D eigenvalue weighted by Crippen LogP contribution is -2.57. The molecule has 4 rings (SSSR count). The number of Topliss-reactive ketones (excluding diaryl/α,β-unsaturated/α-hetero) is 1. The van der Waals surface area contributed by atoms with Crippen LogP contribution in [0.2, 0.25) is 0 Å². The molecule has 0 saturated heterocycles. The Morgan fingerprint density at radius 2 is 1.35 bits per heavy atom. The van der Waals surface area contributed by atoms with Crippen LogP contribution in [0, 0.1) is 15.9 Å². The summed E-state index contributed by atoms with van der Waals surface area (Å²) in [5, 5.41) is 12.4. The Bertz CT molecular complexity index is 1540. The summed E-state index contributed by atoms with van der Waals surface area (Å²) < 4.78 is 14.8. The minimum absolute atomic E-state index is 0.00229. The number of ketones is 1. The second-order valence-electron chi connectivity index (χ2n) is 8.25. The van der Waals surface area contributed by atoms with E-state index in [-0.39, 0.29) is 49.2 Å². The van der Waals surface area contributed by atoms with E-state index in [1.54, 1.807) is 0 Å². The maximum Gasteiger partial charge on any atom is 0.282 e. The average molecular weight is 825 g/mol. The maximum absolute atomic E-state index is 14.0. The molecule has 206 valence electrons. The summed E-state index contributed by atoms with van der Waals surface area (Å²) in [5.41, 5.74) is -0.595. The first-order valence-electron chi connectivity index (χ1n) is 11.1. The molecule has 3 amide bonds. The van der Waals surface area contributed by atoms with Crippen LogP contribution in [0.4, 0.5) is 10.1 Å². The van der Waals surface area contributed by atoms with Gasteiger partial charge in [-0.15, -0.1) is 11.6 Å². The zero-order chi connectivity index (χ0) is 29.5. The van der Waals surface area contributed by atoms with E-state index in [4.69, 9.17) is 11.6 Å². The lowest BCUT2D eigenvalue weighted by molar-refractivity contribution is -0.384. The first kappa shape index (κ1) is 30.4. The highest BCUT2D eigenvalue weighted by atomic mass is 79.9. The van der Waals surface area contributed by atoms with Crippen molar-refractivity contribution in [1.82, 2.24) is 10.0 Å². The minimum Gasteiger partial charge on any atom is -0.292 e. The van der Waals surface area contributed by atoms with E-state index in [0.717, 1.165) is 36.4 Å². The SMILES string of the molecule is O=C(c1ccc(F)cc1)[C@@H](CCCl)N(C(=O)c1ccc([N+](=O)[O-])cc1)N1C(=O)c2c(Br)c(Br)c(Br)c(Br)c2C1=O. The van der Waals surface area contributed by atoms with Gasteiger partial charge in [0.1, 0.15) is 11.9 Å². The number of alkyl halides is 1. The van der Waals surface area contributed by atoms with Gasteiger partial charge >= 0.3 is 0 Å². The molecule has 0 unspecified atom stereocenters. The Morgan fingerprint density at radius 1 is 0.875 bits per heavy atom. The summed E-state index contributed by atoms with van der Waals surface area (Å²) >= 11 is 19.3. The standard InChI is InChI=1S/C25H13Br4ClFN3O6/c26-18-16-17(19(27)21(29)20(18)28)25(38)33(24(16)37)32(23(36)12-3-7-14(8-4-12)34(39)40)15(9-10-30)22(35)11-1-5-13(31)6-2-11/h1-8,15H,9-10H2/t15-/m1/s1. The third-order valence-electron chi connectivity index (χ3n) is 5.94. The molecule has 0 bridgehead atoms. The van der Waals surface area contributed by atoms with E-state index < -0.39 is 40.3 Å². The zero-order valence-electron chi connectivity index (χ0n) is 19.7. The lowest BCUT2D eigenvalue weighted by atomic mass is 10.0. The molecule has 0 saturated carbocycles. The first-order valence-corrected chi connectivity index (χ1v) is 14.8. The molecule has 40 heavy (non-hydrogen) atoms. The quantitative estimate of drug-likeness (QED) is 0.0447. The van der Waals surface area contributed by atoms with E-state index in [0.29, 0.717) is 19.0 Å². The number of carbonyl (C=O) groups is 4. The molecule has 0 aliphatic carbocycles. The number of hydrazine groups is 1. The summed E-state index contributed by atoms with van der Waals surface area (Å²) in [5.74, 6) is -4.27. The van der Waals surface area contributed by atoms with Crippen molar-refractivity contribution in [2.24, 2.45) is 0 Å². The van der Waals surface area contributed by atoms with E-state index >= 15 is 0 Å². The largest absolute Gasteiger partial charge is 0.292 e. The fourth-order valence-corrected chi connectivity index (χ4v) is 6.70.